The molecule has 10 heavy (non-hydrogen) atoms. The molecule has 2 nitrogen and oxygen atoms in total. The van der Waals surface area contributed by atoms with Crippen LogP contribution in [0.4, 0.5) is 0 Å². The predicted octanol–water partition coefficient (Wildman–Crippen LogP) is 0.204. The first-order chi connectivity index (χ1) is 4.92. The molecule has 2 aliphatic rings. The van der Waals surface area contributed by atoms with E-state index in [1.54, 1.807) is 0 Å². The molecule has 2 heteroatoms. The van der Waals surface area contributed by atoms with Gasteiger partial charge in [-0.15, -0.1) is 0 Å². The lowest BCUT2D eigenvalue weighted by Crippen LogP contribution is -2.47. The fourth-order valence-electron chi connectivity index (χ4n) is 2.56. The van der Waals surface area contributed by atoms with E-state index in [0.29, 0.717) is 0 Å². The highest BCUT2D eigenvalue weighted by Crippen LogP contribution is 2.32. The van der Waals surface area contributed by atoms with E-state index in [4.69, 9.17) is 0 Å². The van der Waals surface area contributed by atoms with Gasteiger partial charge in [0.15, 0.2) is 0 Å². The van der Waals surface area contributed by atoms with E-state index >= 15 is 0 Å². The average Bonchev–Trinajstić information content (AvgIpc) is 2.19. The first-order valence-corrected chi connectivity index (χ1v) is 4.30. The Morgan fingerprint density at radius 2 is 1.80 bits per heavy atom. The Hall–Kier alpha value is -0.0800. The molecular weight excluding hydrogens is 124 g/mol. The summed E-state index contributed by atoms with van der Waals surface area (Å²) in [6.45, 7) is 2.48. The molecule has 1 heterocycles. The van der Waals surface area contributed by atoms with E-state index in [0.717, 1.165) is 17.9 Å². The molecule has 0 spiro atoms. The van der Waals surface area contributed by atoms with Gasteiger partial charge < -0.3 is 10.6 Å². The summed E-state index contributed by atoms with van der Waals surface area (Å²) in [6, 6.07) is 0.821. The topological polar surface area (TPSA) is 24.1 Å². The maximum Gasteiger partial charge on any atom is 0.0145 e. The zero-order valence-electron chi connectivity index (χ0n) is 6.56. The monoisotopic (exact) mass is 140 g/mol. The molecule has 0 unspecified atom stereocenters. The maximum atomic E-state index is 3.47. The summed E-state index contributed by atoms with van der Waals surface area (Å²) in [5.41, 5.74) is 0. The van der Waals surface area contributed by atoms with Crippen LogP contribution in [0.5, 0.6) is 0 Å². The summed E-state index contributed by atoms with van der Waals surface area (Å²) >= 11 is 0. The lowest BCUT2D eigenvalue weighted by atomic mass is 9.94. The molecule has 0 aromatic rings. The SMILES string of the molecule is CN[C@@H]1[C@@H]2CC[C@H]1CNC2. The minimum Gasteiger partial charge on any atom is -0.316 e. The van der Waals surface area contributed by atoms with Gasteiger partial charge >= 0.3 is 0 Å². The van der Waals surface area contributed by atoms with E-state index in [-0.39, 0.29) is 0 Å². The van der Waals surface area contributed by atoms with Crippen molar-refractivity contribution >= 4 is 0 Å². The van der Waals surface area contributed by atoms with Gasteiger partial charge in [0.25, 0.3) is 0 Å². The third-order valence-corrected chi connectivity index (χ3v) is 3.07. The summed E-state index contributed by atoms with van der Waals surface area (Å²) in [4.78, 5) is 0. The summed E-state index contributed by atoms with van der Waals surface area (Å²) < 4.78 is 0. The fraction of sp³-hybridized carbons (Fsp3) is 1.00. The number of hydrogen-bond acceptors (Lipinski definition) is 2. The minimum absolute atomic E-state index is 0.821. The molecule has 0 amide bonds. The standard InChI is InChI=1S/C8H16N2/c1-9-8-6-2-3-7(8)5-10-4-6/h6-10H,2-5H2,1H3/t6-,7+,8-. The second-order valence-electron chi connectivity index (χ2n) is 3.57. The van der Waals surface area contributed by atoms with Gasteiger partial charge in [0.1, 0.15) is 0 Å². The lowest BCUT2D eigenvalue weighted by molar-refractivity contribution is 0.286. The first-order valence-electron chi connectivity index (χ1n) is 4.30. The van der Waals surface area contributed by atoms with Crippen LogP contribution in [0, 0.1) is 11.8 Å². The van der Waals surface area contributed by atoms with E-state index in [1.807, 2.05) is 0 Å². The van der Waals surface area contributed by atoms with Crippen molar-refractivity contribution in [3.8, 4) is 0 Å². The molecule has 2 rings (SSSR count). The Labute approximate surface area is 62.4 Å². The summed E-state index contributed by atoms with van der Waals surface area (Å²) in [6.07, 6.45) is 2.87. The van der Waals surface area contributed by atoms with E-state index in [9.17, 15) is 0 Å². The molecule has 2 bridgehead atoms. The van der Waals surface area contributed by atoms with Crippen molar-refractivity contribution in [1.82, 2.24) is 10.6 Å². The molecule has 0 radical (unpaired) electrons. The Bertz CT molecular complexity index is 108. The van der Waals surface area contributed by atoms with Crippen LogP contribution in [-0.4, -0.2) is 26.2 Å². The van der Waals surface area contributed by atoms with E-state index in [1.165, 1.54) is 25.9 Å². The highest BCUT2D eigenvalue weighted by molar-refractivity contribution is 4.94. The fourth-order valence-corrected chi connectivity index (χ4v) is 2.56. The van der Waals surface area contributed by atoms with Gasteiger partial charge in [0.2, 0.25) is 0 Å². The zero-order chi connectivity index (χ0) is 6.97. The van der Waals surface area contributed by atoms with Gasteiger partial charge in [-0.3, -0.25) is 0 Å². The quantitative estimate of drug-likeness (QED) is 0.544. The second kappa shape index (κ2) is 2.51. The molecule has 0 aromatic carbocycles. The van der Waals surface area contributed by atoms with Crippen LogP contribution >= 0.6 is 0 Å². The van der Waals surface area contributed by atoms with Crippen LogP contribution in [0.15, 0.2) is 0 Å². The Morgan fingerprint density at radius 3 is 2.20 bits per heavy atom. The molecular formula is C8H16N2. The molecule has 0 aromatic heterocycles. The number of piperidine rings is 1. The number of nitrogens with one attached hydrogen (secondary N) is 2. The Kier molecular flexibility index (Phi) is 1.66. The van der Waals surface area contributed by atoms with Crippen molar-refractivity contribution < 1.29 is 0 Å². The Balaban J connectivity index is 2.06. The normalized spacial score (nSPS) is 45.9. The van der Waals surface area contributed by atoms with Crippen molar-refractivity contribution in [1.29, 1.82) is 0 Å². The van der Waals surface area contributed by atoms with Crippen molar-refractivity contribution in [2.45, 2.75) is 18.9 Å². The van der Waals surface area contributed by atoms with Gasteiger partial charge in [-0.25, -0.2) is 0 Å². The molecule has 1 saturated heterocycles. The predicted molar refractivity (Wildman–Crippen MR) is 41.9 cm³/mol. The van der Waals surface area contributed by atoms with Crippen molar-refractivity contribution in [3.63, 3.8) is 0 Å². The third-order valence-electron chi connectivity index (χ3n) is 3.07. The van der Waals surface area contributed by atoms with Crippen molar-refractivity contribution in [2.24, 2.45) is 11.8 Å². The van der Waals surface area contributed by atoms with E-state index in [2.05, 4.69) is 17.7 Å². The van der Waals surface area contributed by atoms with Gasteiger partial charge in [-0.1, -0.05) is 0 Å². The summed E-state index contributed by atoms with van der Waals surface area (Å²) in [5.74, 6) is 1.84. The molecule has 3 atom stereocenters. The summed E-state index contributed by atoms with van der Waals surface area (Å²) in [7, 11) is 2.10. The van der Waals surface area contributed by atoms with Gasteiger partial charge in [-0.05, 0) is 44.8 Å². The van der Waals surface area contributed by atoms with Crippen molar-refractivity contribution in [2.75, 3.05) is 20.1 Å². The smallest absolute Gasteiger partial charge is 0.0145 e. The maximum absolute atomic E-state index is 3.47. The van der Waals surface area contributed by atoms with Crippen LogP contribution in [0.25, 0.3) is 0 Å². The van der Waals surface area contributed by atoms with Gasteiger partial charge in [0, 0.05) is 6.04 Å². The molecule has 1 aliphatic heterocycles. The van der Waals surface area contributed by atoms with Gasteiger partial charge in [-0.2, -0.15) is 0 Å². The highest BCUT2D eigenvalue weighted by Gasteiger charge is 2.37. The van der Waals surface area contributed by atoms with Crippen LogP contribution < -0.4 is 10.6 Å². The van der Waals surface area contributed by atoms with E-state index < -0.39 is 0 Å². The Morgan fingerprint density at radius 1 is 1.20 bits per heavy atom. The van der Waals surface area contributed by atoms with Crippen LogP contribution in [0.2, 0.25) is 0 Å². The molecule has 1 saturated carbocycles. The average molecular weight is 140 g/mol. The highest BCUT2D eigenvalue weighted by atomic mass is 15.0. The van der Waals surface area contributed by atoms with Crippen molar-refractivity contribution in [3.05, 3.63) is 0 Å². The largest absolute Gasteiger partial charge is 0.316 e. The molecule has 2 fully saturated rings. The third kappa shape index (κ3) is 0.867. The first kappa shape index (κ1) is 6.62. The minimum atomic E-state index is 0.821. The number of hydrogen-bond donors (Lipinski definition) is 2. The van der Waals surface area contributed by atoms with Gasteiger partial charge in [0.05, 0.1) is 0 Å². The number of rotatable bonds is 1. The lowest BCUT2D eigenvalue weighted by Gasteiger charge is -2.30. The van der Waals surface area contributed by atoms with Crippen LogP contribution in [-0.2, 0) is 0 Å². The zero-order valence-corrected chi connectivity index (χ0v) is 6.56. The second-order valence-corrected chi connectivity index (χ2v) is 3.57. The molecule has 58 valence electrons. The van der Waals surface area contributed by atoms with Crippen LogP contribution in [0.1, 0.15) is 12.8 Å². The summed E-state index contributed by atoms with van der Waals surface area (Å²) in [5, 5.41) is 6.90. The molecule has 1 aliphatic carbocycles. The van der Waals surface area contributed by atoms with Crippen LogP contribution in [0.3, 0.4) is 0 Å². The molecule has 2 N–H and O–H groups in total. The number of fused-ring (bicyclic) bond motifs is 2.